The minimum absolute atomic E-state index is 0.667. The van der Waals surface area contributed by atoms with Crippen LogP contribution < -0.4 is 0 Å². The van der Waals surface area contributed by atoms with Gasteiger partial charge >= 0.3 is 0 Å². The first-order chi connectivity index (χ1) is 10.8. The van der Waals surface area contributed by atoms with Gasteiger partial charge in [0.15, 0.2) is 12.6 Å². The highest BCUT2D eigenvalue weighted by Crippen LogP contribution is 2.28. The average Bonchev–Trinajstić information content (AvgIpc) is 2.54. The Morgan fingerprint density at radius 1 is 0.652 bits per heavy atom. The summed E-state index contributed by atoms with van der Waals surface area (Å²) >= 11 is 0. The van der Waals surface area contributed by atoms with E-state index in [9.17, 15) is 30.6 Å². The maximum absolute atomic E-state index is 10.00. The fraction of sp³-hybridized carbons (Fsp3) is 1.00. The number of aliphatic hydroxyl groups is 8. The predicted octanol–water partition coefficient (Wildman–Crippen LogP) is -5.40. The molecule has 10 atom stereocenters. The van der Waals surface area contributed by atoms with E-state index in [0.717, 1.165) is 0 Å². The largest absolute Gasteiger partial charge is 0.394 e. The van der Waals surface area contributed by atoms with Crippen molar-refractivity contribution in [2.45, 2.75) is 61.4 Å². The molecule has 0 aromatic rings. The van der Waals surface area contributed by atoms with Gasteiger partial charge in [0.05, 0.1) is 13.2 Å². The quantitative estimate of drug-likeness (QED) is 0.243. The molecule has 0 aromatic heterocycles. The van der Waals surface area contributed by atoms with Crippen LogP contribution in [0.4, 0.5) is 0 Å². The van der Waals surface area contributed by atoms with E-state index in [2.05, 4.69) is 0 Å². The molecule has 2 aliphatic heterocycles. The van der Waals surface area contributed by atoms with Crippen LogP contribution in [0.2, 0.25) is 0 Å². The van der Waals surface area contributed by atoms with Gasteiger partial charge in [-0.3, -0.25) is 0 Å². The van der Waals surface area contributed by atoms with Gasteiger partial charge in [0, 0.05) is 0 Å². The molecule has 0 aromatic carbocycles. The molecule has 23 heavy (non-hydrogen) atoms. The Balaban J connectivity index is 2.11. The molecule has 8 N–H and O–H groups in total. The van der Waals surface area contributed by atoms with Crippen molar-refractivity contribution in [1.29, 1.82) is 0 Å². The standard InChI is InChI=1S/C12H22O11/c13-1-3-5(15)7(17)8(18)12(22-3)23-10-6(16)4(2-14)21-11(20)9(10)19/h3-20H,1-2H2/t3-,4-,5+,6-,7+,8-,9-,10+,11?,12+/m1/s1. The topological polar surface area (TPSA) is 190 Å². The number of hydrogen-bond donors (Lipinski definition) is 8. The van der Waals surface area contributed by atoms with E-state index >= 15 is 0 Å². The number of ether oxygens (including phenoxy) is 3. The predicted molar refractivity (Wildman–Crippen MR) is 68.6 cm³/mol. The first-order valence-electron chi connectivity index (χ1n) is 7.08. The van der Waals surface area contributed by atoms with Gasteiger partial charge in [-0.2, -0.15) is 0 Å². The van der Waals surface area contributed by atoms with Crippen molar-refractivity contribution in [2.24, 2.45) is 0 Å². The molecule has 0 saturated carbocycles. The monoisotopic (exact) mass is 342 g/mol. The van der Waals surface area contributed by atoms with Crippen LogP contribution in [0.25, 0.3) is 0 Å². The molecule has 0 bridgehead atoms. The van der Waals surface area contributed by atoms with E-state index in [1.807, 2.05) is 0 Å². The maximum atomic E-state index is 10.00. The third-order valence-electron chi connectivity index (χ3n) is 3.98. The van der Waals surface area contributed by atoms with Crippen molar-refractivity contribution in [3.8, 4) is 0 Å². The summed E-state index contributed by atoms with van der Waals surface area (Å²) in [7, 11) is 0. The van der Waals surface area contributed by atoms with Gasteiger partial charge in [-0.15, -0.1) is 0 Å². The zero-order valence-electron chi connectivity index (χ0n) is 12.0. The van der Waals surface area contributed by atoms with Crippen LogP contribution >= 0.6 is 0 Å². The van der Waals surface area contributed by atoms with Gasteiger partial charge in [-0.25, -0.2) is 0 Å². The molecule has 2 rings (SSSR count). The van der Waals surface area contributed by atoms with Gasteiger partial charge in [0.1, 0.15) is 48.8 Å². The molecular formula is C12H22O11. The van der Waals surface area contributed by atoms with E-state index in [-0.39, 0.29) is 0 Å². The van der Waals surface area contributed by atoms with Gasteiger partial charge in [-0.05, 0) is 0 Å². The molecule has 0 radical (unpaired) electrons. The lowest BCUT2D eigenvalue weighted by atomic mass is 9.97. The molecule has 0 aliphatic carbocycles. The van der Waals surface area contributed by atoms with Crippen LogP contribution in [-0.4, -0.2) is 115 Å². The number of hydrogen-bond acceptors (Lipinski definition) is 11. The number of aliphatic hydroxyl groups excluding tert-OH is 8. The second-order valence-electron chi connectivity index (χ2n) is 5.53. The Bertz CT molecular complexity index is 380. The first kappa shape index (κ1) is 18.9. The van der Waals surface area contributed by atoms with Crippen LogP contribution in [0.3, 0.4) is 0 Å². The van der Waals surface area contributed by atoms with E-state index in [1.54, 1.807) is 0 Å². The Labute approximate surface area is 130 Å². The molecule has 2 saturated heterocycles. The van der Waals surface area contributed by atoms with Crippen LogP contribution in [0, 0.1) is 0 Å². The van der Waals surface area contributed by atoms with Gasteiger partial charge < -0.3 is 55.1 Å². The lowest BCUT2D eigenvalue weighted by Crippen LogP contribution is -2.64. The van der Waals surface area contributed by atoms with Crippen LogP contribution in [0.5, 0.6) is 0 Å². The zero-order chi connectivity index (χ0) is 17.3. The number of rotatable bonds is 4. The summed E-state index contributed by atoms with van der Waals surface area (Å²) in [6, 6.07) is 0. The van der Waals surface area contributed by atoms with E-state index in [0.29, 0.717) is 0 Å². The third kappa shape index (κ3) is 3.65. The molecule has 136 valence electrons. The molecule has 11 nitrogen and oxygen atoms in total. The molecule has 11 heteroatoms. The Morgan fingerprint density at radius 3 is 1.78 bits per heavy atom. The normalized spacial score (nSPS) is 51.7. The molecule has 2 fully saturated rings. The van der Waals surface area contributed by atoms with Crippen molar-refractivity contribution < 1.29 is 55.1 Å². The SMILES string of the molecule is OC[C@H]1O[C@@H](O[C@H]2[C@H](O)[C@@H](CO)OC(O)[C@@H]2O)[C@H](O)[C@@H](O)[C@H]1O. The third-order valence-corrected chi connectivity index (χ3v) is 3.98. The van der Waals surface area contributed by atoms with Crippen molar-refractivity contribution in [2.75, 3.05) is 13.2 Å². The summed E-state index contributed by atoms with van der Waals surface area (Å²) in [4.78, 5) is 0. The Hall–Kier alpha value is -0.440. The van der Waals surface area contributed by atoms with Crippen LogP contribution in [-0.2, 0) is 14.2 Å². The molecule has 0 spiro atoms. The van der Waals surface area contributed by atoms with Crippen LogP contribution in [0.15, 0.2) is 0 Å². The van der Waals surface area contributed by atoms with Crippen molar-refractivity contribution in [3.05, 3.63) is 0 Å². The maximum Gasteiger partial charge on any atom is 0.187 e. The fourth-order valence-corrected chi connectivity index (χ4v) is 2.56. The molecular weight excluding hydrogens is 320 g/mol. The summed E-state index contributed by atoms with van der Waals surface area (Å²) in [5.41, 5.74) is 0. The fourth-order valence-electron chi connectivity index (χ4n) is 2.56. The van der Waals surface area contributed by atoms with Crippen molar-refractivity contribution in [1.82, 2.24) is 0 Å². The summed E-state index contributed by atoms with van der Waals surface area (Å²) < 4.78 is 15.1. The smallest absolute Gasteiger partial charge is 0.187 e. The summed E-state index contributed by atoms with van der Waals surface area (Å²) in [6.45, 7) is -1.34. The lowest BCUT2D eigenvalue weighted by molar-refractivity contribution is -0.355. The highest BCUT2D eigenvalue weighted by molar-refractivity contribution is 4.93. The second-order valence-corrected chi connectivity index (χ2v) is 5.53. The lowest BCUT2D eigenvalue weighted by Gasteiger charge is -2.45. The minimum Gasteiger partial charge on any atom is -0.394 e. The van der Waals surface area contributed by atoms with E-state index < -0.39 is 74.6 Å². The molecule has 2 aliphatic rings. The highest BCUT2D eigenvalue weighted by Gasteiger charge is 2.50. The Kier molecular flexibility index (Phi) is 6.27. The van der Waals surface area contributed by atoms with Crippen LogP contribution in [0.1, 0.15) is 0 Å². The molecule has 1 unspecified atom stereocenters. The van der Waals surface area contributed by atoms with Crippen molar-refractivity contribution >= 4 is 0 Å². The van der Waals surface area contributed by atoms with Gasteiger partial charge in [-0.1, -0.05) is 0 Å². The summed E-state index contributed by atoms with van der Waals surface area (Å²) in [6.07, 6.45) is -15.7. The molecule has 2 heterocycles. The van der Waals surface area contributed by atoms with Crippen molar-refractivity contribution in [3.63, 3.8) is 0 Å². The van der Waals surface area contributed by atoms with E-state index in [1.165, 1.54) is 0 Å². The second kappa shape index (κ2) is 7.63. The summed E-state index contributed by atoms with van der Waals surface area (Å²) in [5, 5.41) is 76.8. The zero-order valence-corrected chi connectivity index (χ0v) is 12.0. The Morgan fingerprint density at radius 2 is 1.22 bits per heavy atom. The molecule has 0 amide bonds. The van der Waals surface area contributed by atoms with E-state index in [4.69, 9.17) is 24.4 Å². The average molecular weight is 342 g/mol. The summed E-state index contributed by atoms with van der Waals surface area (Å²) in [5.74, 6) is 0. The minimum atomic E-state index is -1.76. The van der Waals surface area contributed by atoms with Gasteiger partial charge in [0.25, 0.3) is 0 Å². The van der Waals surface area contributed by atoms with Gasteiger partial charge in [0.2, 0.25) is 0 Å². The highest BCUT2D eigenvalue weighted by atomic mass is 16.7. The first-order valence-corrected chi connectivity index (χ1v) is 7.08.